The highest BCUT2D eigenvalue weighted by Gasteiger charge is 2.25. The maximum absolute atomic E-state index is 13.0. The number of nitrogens with zero attached hydrogens (tertiary/aromatic N) is 2. The number of aromatic nitrogens is 2. The fourth-order valence-corrected chi connectivity index (χ4v) is 5.03. The Hall–Kier alpha value is -3.99. The molecular weight excluding hydrogens is 504 g/mol. The summed E-state index contributed by atoms with van der Waals surface area (Å²) in [5.41, 5.74) is 9.81. The largest absolute Gasteiger partial charge is 0.388 e. The Kier molecular flexibility index (Phi) is 9.40. The first-order valence-electron chi connectivity index (χ1n) is 12.4. The maximum atomic E-state index is 13.0. The molecule has 2 amide bonds. The minimum absolute atomic E-state index is 0.0848. The van der Waals surface area contributed by atoms with E-state index >= 15 is 0 Å². The number of rotatable bonds is 12. The van der Waals surface area contributed by atoms with Crippen LogP contribution in [0.2, 0.25) is 0 Å². The van der Waals surface area contributed by atoms with Gasteiger partial charge in [0.15, 0.2) is 0 Å². The Balaban J connectivity index is 1.73. The minimum Gasteiger partial charge on any atom is -0.388 e. The summed E-state index contributed by atoms with van der Waals surface area (Å²) in [4.78, 5) is 24.3. The standard InChI is InChI=1S/C27H34N6O4S/c1-18-9-11-21(12-10-18)25-17-19(2)31-33(25)22-13-15-23(16-14-22)38(36,37)32-27(35)24(30-20(3)34)7-5-4-6-8-26(28)29/h9-17,24H,4-8H2,1-3H3,(H3,28,29)(H,30,34)(H,32,35)/t24-/m0/s1. The van der Waals surface area contributed by atoms with Crippen molar-refractivity contribution in [1.82, 2.24) is 19.8 Å². The van der Waals surface area contributed by atoms with E-state index in [0.29, 0.717) is 31.4 Å². The molecule has 0 spiro atoms. The molecule has 0 radical (unpaired) electrons. The first-order chi connectivity index (χ1) is 18.0. The molecule has 0 saturated heterocycles. The van der Waals surface area contributed by atoms with Crippen molar-refractivity contribution in [2.45, 2.75) is 63.8 Å². The van der Waals surface area contributed by atoms with Crippen molar-refractivity contribution < 1.29 is 18.0 Å². The molecule has 0 aliphatic heterocycles. The second-order valence-corrected chi connectivity index (χ2v) is 11.0. The normalized spacial score (nSPS) is 12.1. The highest BCUT2D eigenvalue weighted by atomic mass is 32.2. The van der Waals surface area contributed by atoms with E-state index < -0.39 is 27.9 Å². The fraction of sp³-hybridized carbons (Fsp3) is 0.333. The molecule has 5 N–H and O–H groups in total. The monoisotopic (exact) mass is 538 g/mol. The highest BCUT2D eigenvalue weighted by Crippen LogP contribution is 2.25. The molecule has 10 nitrogen and oxygen atoms in total. The molecular formula is C27H34N6O4S. The van der Waals surface area contributed by atoms with Crippen molar-refractivity contribution in [3.05, 3.63) is 65.9 Å². The lowest BCUT2D eigenvalue weighted by Gasteiger charge is -2.18. The Morgan fingerprint density at radius 3 is 2.29 bits per heavy atom. The van der Waals surface area contributed by atoms with Gasteiger partial charge in [-0.1, -0.05) is 42.7 Å². The number of carbonyl (C=O) groups excluding carboxylic acids is 2. The van der Waals surface area contributed by atoms with Gasteiger partial charge in [0.25, 0.3) is 15.9 Å². The van der Waals surface area contributed by atoms with Gasteiger partial charge in [0, 0.05) is 18.9 Å². The van der Waals surface area contributed by atoms with Crippen LogP contribution in [-0.2, 0) is 19.6 Å². The number of carbonyl (C=O) groups is 2. The molecule has 202 valence electrons. The molecule has 1 aromatic heterocycles. The number of amidine groups is 1. The Morgan fingerprint density at radius 1 is 1.03 bits per heavy atom. The van der Waals surface area contributed by atoms with Crippen LogP contribution in [0, 0.1) is 19.3 Å². The zero-order valence-corrected chi connectivity index (χ0v) is 22.6. The summed E-state index contributed by atoms with van der Waals surface area (Å²) in [6.07, 6.45) is 2.64. The van der Waals surface area contributed by atoms with E-state index in [0.717, 1.165) is 22.5 Å². The quantitative estimate of drug-likeness (QED) is 0.157. The van der Waals surface area contributed by atoms with Gasteiger partial charge in [-0.15, -0.1) is 0 Å². The molecule has 1 atom stereocenters. The van der Waals surface area contributed by atoms with Crippen molar-refractivity contribution in [2.24, 2.45) is 5.73 Å². The highest BCUT2D eigenvalue weighted by molar-refractivity contribution is 7.90. The number of nitrogens with two attached hydrogens (primary N) is 1. The Labute approximate surface area is 223 Å². The van der Waals surface area contributed by atoms with E-state index in [4.69, 9.17) is 11.1 Å². The van der Waals surface area contributed by atoms with E-state index in [1.54, 1.807) is 16.8 Å². The fourth-order valence-electron chi connectivity index (χ4n) is 4.01. The average Bonchev–Trinajstić information content (AvgIpc) is 3.24. The third-order valence-electron chi connectivity index (χ3n) is 5.94. The van der Waals surface area contributed by atoms with E-state index in [2.05, 4.69) is 15.1 Å². The Bertz CT molecular complexity index is 1400. The first-order valence-corrected chi connectivity index (χ1v) is 13.9. The number of hydrogen-bond acceptors (Lipinski definition) is 6. The molecule has 1 heterocycles. The third kappa shape index (κ3) is 7.75. The molecule has 0 aliphatic rings. The number of hydrogen-bond donors (Lipinski definition) is 4. The molecule has 2 aromatic carbocycles. The van der Waals surface area contributed by atoms with E-state index in [1.165, 1.54) is 19.1 Å². The lowest BCUT2D eigenvalue weighted by molar-refractivity contribution is -0.127. The van der Waals surface area contributed by atoms with E-state index in [9.17, 15) is 18.0 Å². The summed E-state index contributed by atoms with van der Waals surface area (Å²) < 4.78 is 29.7. The molecule has 0 aliphatic carbocycles. The van der Waals surface area contributed by atoms with Crippen LogP contribution in [0.1, 0.15) is 50.3 Å². The second-order valence-electron chi connectivity index (χ2n) is 9.29. The summed E-state index contributed by atoms with van der Waals surface area (Å²) in [5.74, 6) is -1.15. The lowest BCUT2D eigenvalue weighted by Crippen LogP contribution is -2.47. The number of nitrogens with one attached hydrogen (secondary N) is 3. The van der Waals surface area contributed by atoms with Crippen LogP contribution in [0.4, 0.5) is 0 Å². The molecule has 0 saturated carbocycles. The van der Waals surface area contributed by atoms with Gasteiger partial charge in [-0.25, -0.2) is 17.8 Å². The molecule has 3 rings (SSSR count). The maximum Gasteiger partial charge on any atom is 0.264 e. The molecule has 0 unspecified atom stereocenters. The van der Waals surface area contributed by atoms with E-state index in [1.807, 2.05) is 44.2 Å². The predicted octanol–water partition coefficient (Wildman–Crippen LogP) is 3.35. The van der Waals surface area contributed by atoms with Crippen LogP contribution in [0.3, 0.4) is 0 Å². The van der Waals surface area contributed by atoms with E-state index in [-0.39, 0.29) is 17.2 Å². The zero-order chi connectivity index (χ0) is 27.9. The lowest BCUT2D eigenvalue weighted by atomic mass is 10.1. The van der Waals surface area contributed by atoms with Gasteiger partial charge in [0.05, 0.1) is 27.8 Å². The number of unbranched alkanes of at least 4 members (excludes halogenated alkanes) is 2. The van der Waals surface area contributed by atoms with Gasteiger partial charge in [-0.2, -0.15) is 5.10 Å². The van der Waals surface area contributed by atoms with Crippen LogP contribution >= 0.6 is 0 Å². The average molecular weight is 539 g/mol. The second kappa shape index (κ2) is 12.5. The van der Waals surface area contributed by atoms with Crippen molar-refractivity contribution in [1.29, 1.82) is 5.41 Å². The summed E-state index contributed by atoms with van der Waals surface area (Å²) in [6, 6.07) is 15.1. The molecule has 11 heteroatoms. The number of amides is 2. The van der Waals surface area contributed by atoms with Gasteiger partial charge >= 0.3 is 0 Å². The van der Waals surface area contributed by atoms with Crippen LogP contribution in [-0.4, -0.2) is 41.9 Å². The molecule has 0 bridgehead atoms. The summed E-state index contributed by atoms with van der Waals surface area (Å²) >= 11 is 0. The van der Waals surface area contributed by atoms with Gasteiger partial charge in [-0.05, 0) is 57.0 Å². The molecule has 3 aromatic rings. The van der Waals surface area contributed by atoms with Gasteiger partial charge in [-0.3, -0.25) is 15.0 Å². The van der Waals surface area contributed by atoms with Crippen LogP contribution in [0.5, 0.6) is 0 Å². The van der Waals surface area contributed by atoms with Crippen LogP contribution in [0.25, 0.3) is 16.9 Å². The third-order valence-corrected chi connectivity index (χ3v) is 7.30. The summed E-state index contributed by atoms with van der Waals surface area (Å²) in [5, 5.41) is 14.3. The van der Waals surface area contributed by atoms with Crippen molar-refractivity contribution in [3.63, 3.8) is 0 Å². The number of aryl methyl sites for hydroxylation is 2. The smallest absolute Gasteiger partial charge is 0.264 e. The van der Waals surface area contributed by atoms with Crippen molar-refractivity contribution in [3.8, 4) is 16.9 Å². The molecule has 0 fully saturated rings. The first kappa shape index (κ1) is 28.6. The topological polar surface area (TPSA) is 160 Å². The minimum atomic E-state index is -4.17. The number of sulfonamides is 1. The zero-order valence-electron chi connectivity index (χ0n) is 21.8. The van der Waals surface area contributed by atoms with Crippen LogP contribution < -0.4 is 15.8 Å². The SMILES string of the molecule is CC(=O)N[C@@H](CCCCCC(=N)N)C(=O)NS(=O)(=O)c1ccc(-n2nc(C)cc2-c2ccc(C)cc2)cc1. The Morgan fingerprint density at radius 2 is 1.68 bits per heavy atom. The van der Waals surface area contributed by atoms with Crippen LogP contribution in [0.15, 0.2) is 59.5 Å². The van der Waals surface area contributed by atoms with Crippen molar-refractivity contribution in [2.75, 3.05) is 0 Å². The van der Waals surface area contributed by atoms with Gasteiger partial charge in [0.2, 0.25) is 5.91 Å². The predicted molar refractivity (Wildman–Crippen MR) is 146 cm³/mol. The summed E-state index contributed by atoms with van der Waals surface area (Å²) in [6.45, 7) is 5.17. The molecule has 38 heavy (non-hydrogen) atoms. The van der Waals surface area contributed by atoms with Gasteiger partial charge in [0.1, 0.15) is 6.04 Å². The van der Waals surface area contributed by atoms with Crippen molar-refractivity contribution >= 4 is 27.7 Å². The van der Waals surface area contributed by atoms with Gasteiger partial charge < -0.3 is 11.1 Å². The summed E-state index contributed by atoms with van der Waals surface area (Å²) in [7, 11) is -4.17. The number of benzene rings is 2.